The number of rotatable bonds is 13. The number of esters is 3. The van der Waals surface area contributed by atoms with Crippen molar-refractivity contribution in [2.45, 2.75) is 75.7 Å². The Bertz CT molecular complexity index is 4860. The molecule has 0 unspecified atom stereocenters. The summed E-state index contributed by atoms with van der Waals surface area (Å²) in [4.78, 5) is 42.0. The zero-order valence-electron chi connectivity index (χ0n) is 51.5. The molecule has 0 radical (unpaired) electrons. The number of phenols is 23. The van der Waals surface area contributed by atoms with Crippen LogP contribution in [0.2, 0.25) is 0 Å². The SMILES string of the molecule is Cc1cc(C(=O)O[C@@H]2Cc3c(O)c(Cc4c(O)cc(O)c5c4O[C@H](c4cc(O)c(O)c(O)c4)[C@H](OC(=O)c4cc(O)c(O)c(O)c4)C5)c(O)c(Cc4c(O)cc(O)c5c4O[C@H](c4cc(O)c(O)c(O)c4)[C@H](OC(=O)c4cc(O)c(O)c(O)c4)C5)c3O[C@@H]2c2cc(O)c(O)c(O)c2)cc(O)c1O. The second-order valence-corrected chi connectivity index (χ2v) is 23.9. The van der Waals surface area contributed by atoms with Gasteiger partial charge in [0.05, 0.1) is 16.7 Å². The van der Waals surface area contributed by atoms with Crippen LogP contribution in [0, 0.1) is 6.92 Å². The molecule has 9 aromatic rings. The van der Waals surface area contributed by atoms with E-state index in [0.717, 1.165) is 84.9 Å². The van der Waals surface area contributed by atoms with Crippen LogP contribution in [0.25, 0.3) is 0 Å². The van der Waals surface area contributed by atoms with Crippen LogP contribution in [0.15, 0.2) is 84.9 Å². The van der Waals surface area contributed by atoms with Crippen molar-refractivity contribution in [3.8, 4) is 149 Å². The van der Waals surface area contributed by atoms with Gasteiger partial charge in [-0.3, -0.25) is 0 Å². The third kappa shape index (κ3) is 11.9. The molecule has 6 atom stereocenters. The second-order valence-electron chi connectivity index (χ2n) is 23.9. The molecule has 32 heteroatoms. The first-order chi connectivity index (χ1) is 47.7. The Kier molecular flexibility index (Phi) is 16.6. The Labute approximate surface area is 564 Å². The molecular weight excluding hydrogens is 1340 g/mol. The van der Waals surface area contributed by atoms with Crippen LogP contribution in [0.3, 0.4) is 0 Å². The maximum absolute atomic E-state index is 14.3. The van der Waals surface area contributed by atoms with Crippen LogP contribution in [0.1, 0.15) is 111 Å². The van der Waals surface area contributed by atoms with Gasteiger partial charge >= 0.3 is 17.9 Å². The van der Waals surface area contributed by atoms with Gasteiger partial charge in [0, 0.05) is 99.9 Å². The van der Waals surface area contributed by atoms with E-state index in [1.54, 1.807) is 0 Å². The van der Waals surface area contributed by atoms with Crippen molar-refractivity contribution in [1.29, 1.82) is 0 Å². The van der Waals surface area contributed by atoms with E-state index >= 15 is 0 Å². The highest BCUT2D eigenvalue weighted by atomic mass is 16.6. The van der Waals surface area contributed by atoms with Gasteiger partial charge in [-0.15, -0.1) is 0 Å². The standard InChI is InChI=1S/C69H56O32/c1-21-2-25(9-39(74)53(21)85)67(93)98-52-18-34-55(87)32(14-28-35(70)19-37(72)30-16-50(96-68(94)26-10-46(81)59(91)47(82)11-26)61(99-64(28)30)22-3-40(75)56(88)41(76)4-22)54(86)33(66(34)101-63(52)24-7-44(79)58(90)45(80)8-24)15-29-36(71)20-38(73)31-17-51(97-69(95)27-12-48(83)60(92)49(84)13-27)62(100-65(29)31)23-5-42(77)57(89)43(78)6-23/h2-13,19-20,50-52,61-63,70-92H,14-18H2,1H3/t50-,51-,52-,61-,62-,63-/m1/s1. The molecule has 3 aliphatic rings. The van der Waals surface area contributed by atoms with Crippen LogP contribution < -0.4 is 14.2 Å². The molecule has 0 fully saturated rings. The maximum Gasteiger partial charge on any atom is 0.338 e. The topological polar surface area (TPSA) is 572 Å². The van der Waals surface area contributed by atoms with Crippen LogP contribution >= 0.6 is 0 Å². The highest BCUT2D eigenvalue weighted by Gasteiger charge is 2.45. The van der Waals surface area contributed by atoms with Gasteiger partial charge < -0.3 is 146 Å². The van der Waals surface area contributed by atoms with Crippen LogP contribution in [-0.4, -0.2) is 154 Å². The summed E-state index contributed by atoms with van der Waals surface area (Å²) in [5, 5.41) is 252. The third-order valence-electron chi connectivity index (χ3n) is 17.4. The van der Waals surface area contributed by atoms with Crippen molar-refractivity contribution in [2.24, 2.45) is 0 Å². The molecule has 0 spiro atoms. The summed E-state index contributed by atoms with van der Waals surface area (Å²) in [6.07, 6.45) is -14.4. The lowest BCUT2D eigenvalue weighted by Gasteiger charge is -2.37. The van der Waals surface area contributed by atoms with Crippen molar-refractivity contribution < 1.29 is 160 Å². The van der Waals surface area contributed by atoms with Crippen molar-refractivity contribution in [3.63, 3.8) is 0 Å². The molecule has 0 aliphatic carbocycles. The molecular formula is C69H56O32. The Morgan fingerprint density at radius 2 is 0.564 bits per heavy atom. The van der Waals surface area contributed by atoms with Gasteiger partial charge in [0.1, 0.15) is 70.1 Å². The number of hydrogen-bond donors (Lipinski definition) is 23. The van der Waals surface area contributed by atoms with Gasteiger partial charge in [0.15, 0.2) is 116 Å². The molecule has 9 aromatic carbocycles. The van der Waals surface area contributed by atoms with E-state index in [0.29, 0.717) is 0 Å². The van der Waals surface area contributed by atoms with E-state index in [2.05, 4.69) is 0 Å². The monoisotopic (exact) mass is 1400 g/mol. The predicted molar refractivity (Wildman–Crippen MR) is 335 cm³/mol. The molecule has 3 aliphatic heterocycles. The lowest BCUT2D eigenvalue weighted by Crippen LogP contribution is -2.36. The molecule has 0 saturated carbocycles. The van der Waals surface area contributed by atoms with Gasteiger partial charge in [-0.05, 0) is 85.3 Å². The smallest absolute Gasteiger partial charge is 0.338 e. The summed E-state index contributed by atoms with van der Waals surface area (Å²) in [7, 11) is 0. The molecule has 101 heavy (non-hydrogen) atoms. The highest BCUT2D eigenvalue weighted by molar-refractivity contribution is 5.93. The first-order valence-corrected chi connectivity index (χ1v) is 29.8. The van der Waals surface area contributed by atoms with Crippen molar-refractivity contribution >= 4 is 17.9 Å². The average molecular weight is 1400 g/mol. The summed E-state index contributed by atoms with van der Waals surface area (Å²) >= 11 is 0. The fraction of sp³-hybridized carbons (Fsp3) is 0.174. The first-order valence-electron chi connectivity index (χ1n) is 29.8. The summed E-state index contributed by atoms with van der Waals surface area (Å²) in [6, 6.07) is 11.6. The van der Waals surface area contributed by atoms with Crippen molar-refractivity contribution in [2.75, 3.05) is 0 Å². The van der Waals surface area contributed by atoms with E-state index < -0.39 is 275 Å². The van der Waals surface area contributed by atoms with Crippen LogP contribution in [0.4, 0.5) is 0 Å². The van der Waals surface area contributed by atoms with Gasteiger partial charge in [0.25, 0.3) is 0 Å². The van der Waals surface area contributed by atoms with E-state index in [9.17, 15) is 132 Å². The van der Waals surface area contributed by atoms with E-state index in [4.69, 9.17) is 28.4 Å². The summed E-state index contributed by atoms with van der Waals surface area (Å²) in [6.45, 7) is 1.33. The van der Waals surface area contributed by atoms with Gasteiger partial charge in [-0.25, -0.2) is 14.4 Å². The van der Waals surface area contributed by atoms with Gasteiger partial charge in [-0.1, -0.05) is 0 Å². The van der Waals surface area contributed by atoms with Gasteiger partial charge in [-0.2, -0.15) is 0 Å². The number of aryl methyl sites for hydroxylation is 1. The number of hydrogen-bond acceptors (Lipinski definition) is 32. The minimum Gasteiger partial charge on any atom is -0.507 e. The Morgan fingerprint density at radius 1 is 0.297 bits per heavy atom. The molecule has 3 heterocycles. The molecule has 0 amide bonds. The van der Waals surface area contributed by atoms with Crippen molar-refractivity contribution in [1.82, 2.24) is 0 Å². The second kappa shape index (κ2) is 25.0. The Morgan fingerprint density at radius 3 is 0.881 bits per heavy atom. The van der Waals surface area contributed by atoms with Gasteiger partial charge in [0.2, 0.25) is 0 Å². The van der Waals surface area contributed by atoms with Crippen molar-refractivity contribution in [3.05, 3.63) is 163 Å². The van der Waals surface area contributed by atoms with E-state index in [1.165, 1.54) is 6.92 Å². The number of carbonyl (C=O) groups excluding carboxylic acids is 3. The van der Waals surface area contributed by atoms with Crippen LogP contribution in [-0.2, 0) is 46.3 Å². The average Bonchev–Trinajstić information content (AvgIpc) is 0.739. The molecule has 23 N–H and O–H groups in total. The molecule has 524 valence electrons. The number of aromatic hydroxyl groups is 23. The Balaban J connectivity index is 1.04. The number of fused-ring (bicyclic) bond motifs is 3. The fourth-order valence-electron chi connectivity index (χ4n) is 12.3. The highest BCUT2D eigenvalue weighted by Crippen LogP contribution is 2.57. The fourth-order valence-corrected chi connectivity index (χ4v) is 12.3. The lowest BCUT2D eigenvalue weighted by molar-refractivity contribution is -0.0197. The zero-order chi connectivity index (χ0) is 73.0. The molecule has 0 saturated heterocycles. The zero-order valence-corrected chi connectivity index (χ0v) is 51.5. The first kappa shape index (κ1) is 67.2. The summed E-state index contributed by atoms with van der Waals surface area (Å²) in [5.41, 5.74) is -5.43. The Hall–Kier alpha value is -13.8. The number of carbonyl (C=O) groups is 3. The maximum atomic E-state index is 14.3. The number of benzene rings is 9. The van der Waals surface area contributed by atoms with Crippen LogP contribution in [0.5, 0.6) is 149 Å². The quantitative estimate of drug-likeness (QED) is 0.0310. The third-order valence-corrected chi connectivity index (χ3v) is 17.4. The summed E-state index contributed by atoms with van der Waals surface area (Å²) in [5.74, 6) is -26.8. The minimum absolute atomic E-state index is 0.0148. The predicted octanol–water partition coefficient (Wildman–Crippen LogP) is 7.11. The molecule has 12 rings (SSSR count). The molecule has 32 nitrogen and oxygen atoms in total. The van der Waals surface area contributed by atoms with E-state index in [-0.39, 0.29) is 38.9 Å². The number of ether oxygens (including phenoxy) is 6. The largest absolute Gasteiger partial charge is 0.507 e. The lowest BCUT2D eigenvalue weighted by atomic mass is 9.84. The molecule has 0 bridgehead atoms. The van der Waals surface area contributed by atoms with E-state index in [1.807, 2.05) is 0 Å². The normalized spacial score (nSPS) is 17.4. The minimum atomic E-state index is -1.81. The summed E-state index contributed by atoms with van der Waals surface area (Å²) < 4.78 is 37.2. The number of phenolic OH excluding ortho intramolecular Hbond substituents is 23. The molecule has 0 aromatic heterocycles.